The molecule has 1 rings (SSSR count). The monoisotopic (exact) mass is 192 g/mol. The molecule has 0 unspecified atom stereocenters. The summed E-state index contributed by atoms with van der Waals surface area (Å²) in [5.74, 6) is -0.308. The summed E-state index contributed by atoms with van der Waals surface area (Å²) in [5, 5.41) is 6.77. The van der Waals surface area contributed by atoms with E-state index in [2.05, 4.69) is 10.2 Å². The molecule has 0 saturated carbocycles. The van der Waals surface area contributed by atoms with Crippen LogP contribution in [0.2, 0.25) is 0 Å². The second-order valence-electron chi connectivity index (χ2n) is 2.93. The lowest BCUT2D eigenvalue weighted by Crippen LogP contribution is -2.30. The number of rotatable bonds is 3. The standard InChI is InChI=1S/C5H9N2O4P/c1-3(2)5(6-7-5)4(8)12(9,10)11/h3H,1-2H3,(H2,9,10,11). The van der Waals surface area contributed by atoms with Gasteiger partial charge < -0.3 is 9.79 Å². The summed E-state index contributed by atoms with van der Waals surface area (Å²) in [6, 6.07) is 0. The zero-order valence-corrected chi connectivity index (χ0v) is 7.52. The van der Waals surface area contributed by atoms with Crippen LogP contribution >= 0.6 is 7.60 Å². The first-order valence-electron chi connectivity index (χ1n) is 3.35. The highest BCUT2D eigenvalue weighted by Gasteiger charge is 2.57. The van der Waals surface area contributed by atoms with E-state index in [0.717, 1.165) is 0 Å². The number of hydrogen-bond donors (Lipinski definition) is 2. The Labute approximate surface area is 68.9 Å². The predicted octanol–water partition coefficient (Wildman–Crippen LogP) is 0.509. The second kappa shape index (κ2) is 2.45. The van der Waals surface area contributed by atoms with Gasteiger partial charge in [0.15, 0.2) is 0 Å². The fourth-order valence-corrected chi connectivity index (χ4v) is 1.61. The van der Waals surface area contributed by atoms with Crippen LogP contribution in [0, 0.1) is 5.92 Å². The van der Waals surface area contributed by atoms with Crippen LogP contribution in [0.5, 0.6) is 0 Å². The van der Waals surface area contributed by atoms with Crippen molar-refractivity contribution >= 4 is 13.1 Å². The number of hydrogen-bond acceptors (Lipinski definition) is 4. The van der Waals surface area contributed by atoms with Gasteiger partial charge in [-0.3, -0.25) is 9.36 Å². The molecule has 0 saturated heterocycles. The van der Waals surface area contributed by atoms with Gasteiger partial charge in [-0.2, -0.15) is 0 Å². The van der Waals surface area contributed by atoms with E-state index in [1.54, 1.807) is 13.8 Å². The fraction of sp³-hybridized carbons (Fsp3) is 0.800. The summed E-state index contributed by atoms with van der Waals surface area (Å²) >= 11 is 0. The zero-order valence-electron chi connectivity index (χ0n) is 6.63. The first-order valence-corrected chi connectivity index (χ1v) is 4.96. The predicted molar refractivity (Wildman–Crippen MR) is 39.5 cm³/mol. The molecule has 0 aromatic heterocycles. The summed E-state index contributed by atoms with van der Waals surface area (Å²) in [5.41, 5.74) is -2.66. The van der Waals surface area contributed by atoms with Crippen molar-refractivity contribution in [1.82, 2.24) is 0 Å². The Hall–Kier alpha value is -0.580. The molecule has 0 radical (unpaired) electrons. The molecule has 1 heterocycles. The van der Waals surface area contributed by atoms with E-state index in [-0.39, 0.29) is 5.92 Å². The average molecular weight is 192 g/mol. The maximum Gasteiger partial charge on any atom is 0.396 e. The van der Waals surface area contributed by atoms with E-state index in [9.17, 15) is 9.36 Å². The lowest BCUT2D eigenvalue weighted by Gasteiger charge is -2.12. The molecule has 0 aliphatic carbocycles. The molecular weight excluding hydrogens is 183 g/mol. The van der Waals surface area contributed by atoms with Gasteiger partial charge in [0.25, 0.3) is 11.2 Å². The lowest BCUT2D eigenvalue weighted by atomic mass is 10.0. The Morgan fingerprint density at radius 1 is 1.42 bits per heavy atom. The van der Waals surface area contributed by atoms with Crippen LogP contribution in [0.3, 0.4) is 0 Å². The molecule has 1 aliphatic heterocycles. The Bertz CT molecular complexity index is 286. The summed E-state index contributed by atoms with van der Waals surface area (Å²) < 4.78 is 10.5. The summed E-state index contributed by atoms with van der Waals surface area (Å²) in [7, 11) is -4.70. The molecule has 68 valence electrons. The summed E-state index contributed by atoms with van der Waals surface area (Å²) in [6.45, 7) is 3.26. The van der Waals surface area contributed by atoms with E-state index >= 15 is 0 Å². The van der Waals surface area contributed by atoms with Crippen molar-refractivity contribution in [3.63, 3.8) is 0 Å². The third-order valence-electron chi connectivity index (χ3n) is 1.70. The van der Waals surface area contributed by atoms with Crippen molar-refractivity contribution in [2.24, 2.45) is 16.1 Å². The molecule has 7 heteroatoms. The van der Waals surface area contributed by atoms with Crippen LogP contribution in [0.1, 0.15) is 13.8 Å². The molecule has 12 heavy (non-hydrogen) atoms. The van der Waals surface area contributed by atoms with E-state index in [0.29, 0.717) is 0 Å². The number of carbonyl (C=O) groups is 1. The van der Waals surface area contributed by atoms with Crippen LogP contribution in [-0.2, 0) is 9.36 Å². The maximum atomic E-state index is 11.0. The zero-order chi connectivity index (χ0) is 9.57. The maximum absolute atomic E-state index is 11.0. The minimum atomic E-state index is -4.70. The van der Waals surface area contributed by atoms with Crippen LogP contribution in [0.15, 0.2) is 10.2 Å². The van der Waals surface area contributed by atoms with Crippen LogP contribution in [-0.4, -0.2) is 21.0 Å². The largest absolute Gasteiger partial charge is 0.396 e. The van der Waals surface area contributed by atoms with Gasteiger partial charge in [-0.25, -0.2) is 0 Å². The van der Waals surface area contributed by atoms with Crippen molar-refractivity contribution in [3.8, 4) is 0 Å². The van der Waals surface area contributed by atoms with Crippen LogP contribution in [0.25, 0.3) is 0 Å². The topological polar surface area (TPSA) is 99.3 Å². The Balaban J connectivity index is 2.86. The SMILES string of the molecule is CC(C)C1(C(=O)P(=O)(O)O)N=N1. The Morgan fingerprint density at radius 2 is 1.83 bits per heavy atom. The van der Waals surface area contributed by atoms with Gasteiger partial charge in [0.05, 0.1) is 0 Å². The first kappa shape index (κ1) is 9.51. The van der Waals surface area contributed by atoms with Gasteiger partial charge in [-0.05, 0) is 0 Å². The summed E-state index contributed by atoms with van der Waals surface area (Å²) in [6.07, 6.45) is 0. The Kier molecular flexibility index (Phi) is 1.94. The smallest absolute Gasteiger partial charge is 0.319 e. The molecule has 0 spiro atoms. The van der Waals surface area contributed by atoms with Gasteiger partial charge in [0, 0.05) is 5.92 Å². The quantitative estimate of drug-likeness (QED) is 0.636. The molecule has 0 aromatic carbocycles. The summed E-state index contributed by atoms with van der Waals surface area (Å²) in [4.78, 5) is 28.1. The van der Waals surface area contributed by atoms with Gasteiger partial charge in [0.1, 0.15) is 0 Å². The van der Waals surface area contributed by atoms with Crippen molar-refractivity contribution in [1.29, 1.82) is 0 Å². The molecule has 2 N–H and O–H groups in total. The molecule has 6 nitrogen and oxygen atoms in total. The van der Waals surface area contributed by atoms with Crippen molar-refractivity contribution in [2.45, 2.75) is 19.5 Å². The third kappa shape index (κ3) is 1.33. The van der Waals surface area contributed by atoms with Crippen LogP contribution in [0.4, 0.5) is 0 Å². The first-order chi connectivity index (χ1) is 5.31. The van der Waals surface area contributed by atoms with E-state index in [4.69, 9.17) is 9.79 Å². The molecule has 0 aromatic rings. The van der Waals surface area contributed by atoms with Crippen LogP contribution < -0.4 is 0 Å². The third-order valence-corrected chi connectivity index (χ3v) is 2.56. The lowest BCUT2D eigenvalue weighted by molar-refractivity contribution is -0.117. The number of carbonyl (C=O) groups excluding carboxylic acids is 1. The van der Waals surface area contributed by atoms with E-state index < -0.39 is 18.8 Å². The fourth-order valence-electron chi connectivity index (χ4n) is 0.832. The molecule has 0 amide bonds. The van der Waals surface area contributed by atoms with E-state index in [1.165, 1.54) is 0 Å². The number of nitrogens with zero attached hydrogens (tertiary/aromatic N) is 2. The molecule has 0 fully saturated rings. The minimum Gasteiger partial charge on any atom is -0.319 e. The van der Waals surface area contributed by atoms with Gasteiger partial charge in [0.2, 0.25) is 0 Å². The molecule has 0 atom stereocenters. The molecule has 0 bridgehead atoms. The van der Waals surface area contributed by atoms with Crippen molar-refractivity contribution in [3.05, 3.63) is 0 Å². The average Bonchev–Trinajstić information content (AvgIpc) is 2.62. The molecular formula is C5H9N2O4P. The van der Waals surface area contributed by atoms with Gasteiger partial charge in [-0.15, -0.1) is 10.2 Å². The highest BCUT2D eigenvalue weighted by molar-refractivity contribution is 7.70. The normalized spacial score (nSPS) is 19.8. The van der Waals surface area contributed by atoms with Crippen molar-refractivity contribution < 1.29 is 19.1 Å². The highest BCUT2D eigenvalue weighted by Crippen LogP contribution is 2.50. The van der Waals surface area contributed by atoms with Gasteiger partial charge >= 0.3 is 7.60 Å². The van der Waals surface area contributed by atoms with Crippen molar-refractivity contribution in [2.75, 3.05) is 0 Å². The second-order valence-corrected chi connectivity index (χ2v) is 4.42. The minimum absolute atomic E-state index is 0.308. The van der Waals surface area contributed by atoms with E-state index in [1.807, 2.05) is 0 Å². The molecule has 1 aliphatic rings. The Morgan fingerprint density at radius 3 is 1.92 bits per heavy atom. The van der Waals surface area contributed by atoms with Gasteiger partial charge in [-0.1, -0.05) is 13.8 Å². The highest BCUT2D eigenvalue weighted by atomic mass is 31.2.